The lowest BCUT2D eigenvalue weighted by atomic mass is 10.2. The summed E-state index contributed by atoms with van der Waals surface area (Å²) in [6, 6.07) is 25.3. The molecule has 0 aromatic heterocycles. The van der Waals surface area contributed by atoms with Gasteiger partial charge in [-0.15, -0.1) is 0 Å². The fourth-order valence-corrected chi connectivity index (χ4v) is 2.89. The van der Waals surface area contributed by atoms with Crippen molar-refractivity contribution in [3.05, 3.63) is 106 Å². The Morgan fingerprint density at radius 3 is 1.23 bits per heavy atom. The SMILES string of the molecule is O=C(Nc1ccc(NC(=O)/C(Cl)=C\c2ccccc2)cc1)/C(Cl)=C/c1ccccc1. The van der Waals surface area contributed by atoms with Crippen molar-refractivity contribution in [2.24, 2.45) is 0 Å². The smallest absolute Gasteiger partial charge is 0.267 e. The second-order valence-corrected chi connectivity index (χ2v) is 7.11. The summed E-state index contributed by atoms with van der Waals surface area (Å²) in [6.07, 6.45) is 3.18. The maximum atomic E-state index is 12.2. The van der Waals surface area contributed by atoms with Crippen LogP contribution in [-0.2, 0) is 9.59 Å². The van der Waals surface area contributed by atoms with Crippen LogP contribution in [0.15, 0.2) is 95.0 Å². The fraction of sp³-hybridized carbons (Fsp3) is 0. The normalized spacial score (nSPS) is 11.7. The van der Waals surface area contributed by atoms with E-state index >= 15 is 0 Å². The molecule has 0 radical (unpaired) electrons. The van der Waals surface area contributed by atoms with Gasteiger partial charge in [-0.1, -0.05) is 83.9 Å². The molecule has 2 N–H and O–H groups in total. The third kappa shape index (κ3) is 6.34. The van der Waals surface area contributed by atoms with Crippen LogP contribution >= 0.6 is 23.2 Å². The standard InChI is InChI=1S/C24H18Cl2N2O2/c25-21(15-17-7-3-1-4-8-17)23(29)27-19-11-13-20(14-12-19)28-24(30)22(26)16-18-9-5-2-6-10-18/h1-16H,(H,27,29)(H,28,30)/b21-15-,22-16+. The van der Waals surface area contributed by atoms with E-state index in [0.29, 0.717) is 11.4 Å². The molecule has 3 rings (SSSR count). The highest BCUT2D eigenvalue weighted by Crippen LogP contribution is 2.18. The van der Waals surface area contributed by atoms with Crippen LogP contribution in [0.3, 0.4) is 0 Å². The molecule has 2 amide bonds. The third-order valence-corrected chi connectivity index (χ3v) is 4.58. The first-order chi connectivity index (χ1) is 14.5. The monoisotopic (exact) mass is 436 g/mol. The first-order valence-electron chi connectivity index (χ1n) is 9.08. The molecule has 0 saturated carbocycles. The van der Waals surface area contributed by atoms with Crippen molar-refractivity contribution in [3.8, 4) is 0 Å². The molecule has 0 unspecified atom stereocenters. The number of carbonyl (C=O) groups is 2. The van der Waals surface area contributed by atoms with Crippen LogP contribution in [0.5, 0.6) is 0 Å². The number of hydrogen-bond donors (Lipinski definition) is 2. The van der Waals surface area contributed by atoms with E-state index in [1.54, 1.807) is 36.4 Å². The van der Waals surface area contributed by atoms with Gasteiger partial charge < -0.3 is 10.6 Å². The van der Waals surface area contributed by atoms with E-state index in [9.17, 15) is 9.59 Å². The highest BCUT2D eigenvalue weighted by Gasteiger charge is 2.09. The van der Waals surface area contributed by atoms with E-state index in [1.807, 2.05) is 60.7 Å². The molecule has 0 aliphatic heterocycles. The van der Waals surface area contributed by atoms with Crippen LogP contribution in [0.1, 0.15) is 11.1 Å². The molecule has 150 valence electrons. The molecular formula is C24H18Cl2N2O2. The maximum Gasteiger partial charge on any atom is 0.267 e. The Labute approximate surface area is 184 Å². The first kappa shape index (κ1) is 21.4. The average Bonchev–Trinajstić information content (AvgIpc) is 2.76. The summed E-state index contributed by atoms with van der Waals surface area (Å²) in [5.41, 5.74) is 2.75. The summed E-state index contributed by atoms with van der Waals surface area (Å²) >= 11 is 12.2. The topological polar surface area (TPSA) is 58.2 Å². The minimum Gasteiger partial charge on any atom is -0.321 e. The van der Waals surface area contributed by atoms with Crippen LogP contribution in [-0.4, -0.2) is 11.8 Å². The molecule has 6 heteroatoms. The van der Waals surface area contributed by atoms with Gasteiger partial charge in [-0.3, -0.25) is 9.59 Å². The van der Waals surface area contributed by atoms with Crippen molar-refractivity contribution in [2.45, 2.75) is 0 Å². The lowest BCUT2D eigenvalue weighted by Gasteiger charge is -2.08. The molecule has 3 aromatic rings. The van der Waals surface area contributed by atoms with Crippen LogP contribution in [0.4, 0.5) is 11.4 Å². The number of benzene rings is 3. The molecule has 0 atom stereocenters. The molecule has 0 fully saturated rings. The Morgan fingerprint density at radius 2 is 0.900 bits per heavy atom. The summed E-state index contributed by atoms with van der Waals surface area (Å²) in [7, 11) is 0. The van der Waals surface area contributed by atoms with E-state index in [1.165, 1.54) is 0 Å². The van der Waals surface area contributed by atoms with Gasteiger partial charge in [0, 0.05) is 11.4 Å². The van der Waals surface area contributed by atoms with Crippen LogP contribution in [0.2, 0.25) is 0 Å². The highest BCUT2D eigenvalue weighted by molar-refractivity contribution is 6.46. The van der Waals surface area contributed by atoms with E-state index < -0.39 is 11.8 Å². The molecule has 3 aromatic carbocycles. The lowest BCUT2D eigenvalue weighted by molar-refractivity contribution is -0.113. The number of anilines is 2. The summed E-state index contributed by atoms with van der Waals surface area (Å²) in [4.78, 5) is 24.5. The van der Waals surface area contributed by atoms with Crippen LogP contribution < -0.4 is 10.6 Å². The van der Waals surface area contributed by atoms with Crippen LogP contribution in [0.25, 0.3) is 12.2 Å². The Bertz CT molecular complexity index is 989. The molecule has 0 aliphatic rings. The minimum atomic E-state index is -0.425. The molecule has 0 heterocycles. The number of hydrogen-bond acceptors (Lipinski definition) is 2. The summed E-state index contributed by atoms with van der Waals surface area (Å²) in [5.74, 6) is -0.850. The predicted molar refractivity (Wildman–Crippen MR) is 124 cm³/mol. The molecule has 4 nitrogen and oxygen atoms in total. The second-order valence-electron chi connectivity index (χ2n) is 6.29. The van der Waals surface area contributed by atoms with Crippen molar-refractivity contribution < 1.29 is 9.59 Å². The lowest BCUT2D eigenvalue weighted by Crippen LogP contribution is -2.13. The van der Waals surface area contributed by atoms with Gasteiger partial charge >= 0.3 is 0 Å². The van der Waals surface area contributed by atoms with Gasteiger partial charge in [-0.25, -0.2) is 0 Å². The molecule has 0 spiro atoms. The second kappa shape index (κ2) is 10.4. The minimum absolute atomic E-state index is 0.0661. The average molecular weight is 437 g/mol. The van der Waals surface area contributed by atoms with Gasteiger partial charge in [0.25, 0.3) is 11.8 Å². The van der Waals surface area contributed by atoms with Crippen molar-refractivity contribution in [2.75, 3.05) is 10.6 Å². The largest absolute Gasteiger partial charge is 0.321 e. The number of amides is 2. The fourth-order valence-electron chi connectivity index (χ4n) is 2.54. The van der Waals surface area contributed by atoms with Crippen molar-refractivity contribution >= 4 is 58.5 Å². The Balaban J connectivity index is 1.59. The Kier molecular flexibility index (Phi) is 7.44. The molecule has 0 aliphatic carbocycles. The van der Waals surface area contributed by atoms with E-state index in [0.717, 1.165) is 11.1 Å². The number of halogens is 2. The molecular weight excluding hydrogens is 419 g/mol. The summed E-state index contributed by atoms with van der Waals surface area (Å²) in [6.45, 7) is 0. The Morgan fingerprint density at radius 1 is 0.567 bits per heavy atom. The zero-order valence-electron chi connectivity index (χ0n) is 15.8. The molecule has 0 bridgehead atoms. The molecule has 30 heavy (non-hydrogen) atoms. The van der Waals surface area contributed by atoms with Crippen LogP contribution in [0, 0.1) is 0 Å². The van der Waals surface area contributed by atoms with Gasteiger partial charge in [0.05, 0.1) is 0 Å². The number of rotatable bonds is 6. The van der Waals surface area contributed by atoms with Gasteiger partial charge in [-0.2, -0.15) is 0 Å². The van der Waals surface area contributed by atoms with Gasteiger partial charge in [0.1, 0.15) is 10.1 Å². The van der Waals surface area contributed by atoms with Gasteiger partial charge in [-0.05, 0) is 47.5 Å². The van der Waals surface area contributed by atoms with E-state index in [2.05, 4.69) is 10.6 Å². The van der Waals surface area contributed by atoms with Crippen molar-refractivity contribution in [1.29, 1.82) is 0 Å². The van der Waals surface area contributed by atoms with Crippen molar-refractivity contribution in [3.63, 3.8) is 0 Å². The number of nitrogens with one attached hydrogen (secondary N) is 2. The van der Waals surface area contributed by atoms with E-state index in [4.69, 9.17) is 23.2 Å². The third-order valence-electron chi connectivity index (χ3n) is 4.02. The number of carbonyl (C=O) groups excluding carboxylic acids is 2. The first-order valence-corrected chi connectivity index (χ1v) is 9.84. The summed E-state index contributed by atoms with van der Waals surface area (Å²) < 4.78 is 0. The van der Waals surface area contributed by atoms with Gasteiger partial charge in [0.15, 0.2) is 0 Å². The quantitative estimate of drug-likeness (QED) is 0.457. The molecule has 0 saturated heterocycles. The van der Waals surface area contributed by atoms with Crippen molar-refractivity contribution in [1.82, 2.24) is 0 Å². The highest BCUT2D eigenvalue weighted by atomic mass is 35.5. The zero-order chi connectivity index (χ0) is 21.3. The van der Waals surface area contributed by atoms with Gasteiger partial charge in [0.2, 0.25) is 0 Å². The summed E-state index contributed by atoms with van der Waals surface area (Å²) in [5, 5.41) is 5.55. The van der Waals surface area contributed by atoms with E-state index in [-0.39, 0.29) is 10.1 Å². The maximum absolute atomic E-state index is 12.2. The Hall–Kier alpha value is -3.34. The predicted octanol–water partition coefficient (Wildman–Crippen LogP) is 6.12. The zero-order valence-corrected chi connectivity index (χ0v) is 17.3.